The Kier molecular flexibility index (Phi) is 5.33. The molecular formula is C28H26N2O3S. The molecule has 5 nitrogen and oxygen atoms in total. The van der Waals surface area contributed by atoms with Crippen molar-refractivity contribution in [2.24, 2.45) is 5.92 Å². The molecule has 1 amide bonds. The Morgan fingerprint density at radius 1 is 1.00 bits per heavy atom. The second-order valence-electron chi connectivity index (χ2n) is 9.42. The summed E-state index contributed by atoms with van der Waals surface area (Å²) in [6, 6.07) is 21.8. The molecule has 0 aliphatic carbocycles. The van der Waals surface area contributed by atoms with Crippen molar-refractivity contribution >= 4 is 28.6 Å². The highest BCUT2D eigenvalue weighted by atomic mass is 32.2. The molecule has 1 saturated heterocycles. The SMILES string of the molecule is Cc1ccc(SCc2c(C(=O)N3CC4CC(C3)c3cccc(=O)n3C4)oc3ccccc23)cc1. The van der Waals surface area contributed by atoms with Gasteiger partial charge in [0.25, 0.3) is 11.5 Å². The van der Waals surface area contributed by atoms with Gasteiger partial charge in [0.05, 0.1) is 0 Å². The van der Waals surface area contributed by atoms with E-state index in [-0.39, 0.29) is 23.3 Å². The fourth-order valence-electron chi connectivity index (χ4n) is 5.41. The van der Waals surface area contributed by atoms with Gasteiger partial charge in [0.1, 0.15) is 5.58 Å². The number of rotatable bonds is 4. The summed E-state index contributed by atoms with van der Waals surface area (Å²) in [6.45, 7) is 4.02. The molecule has 4 heterocycles. The molecule has 2 aromatic heterocycles. The summed E-state index contributed by atoms with van der Waals surface area (Å²) in [6.07, 6.45) is 1.02. The van der Waals surface area contributed by atoms with Gasteiger partial charge in [-0.2, -0.15) is 0 Å². The Bertz CT molecular complexity index is 1440. The average molecular weight is 471 g/mol. The van der Waals surface area contributed by atoms with Crippen LogP contribution in [-0.2, 0) is 12.3 Å². The number of thioether (sulfide) groups is 1. The van der Waals surface area contributed by atoms with Gasteiger partial charge in [-0.15, -0.1) is 11.8 Å². The number of hydrogen-bond donors (Lipinski definition) is 0. The lowest BCUT2D eigenvalue weighted by molar-refractivity contribution is 0.0565. The van der Waals surface area contributed by atoms with E-state index >= 15 is 0 Å². The minimum atomic E-state index is -0.0443. The monoisotopic (exact) mass is 470 g/mol. The molecule has 6 rings (SSSR count). The summed E-state index contributed by atoms with van der Waals surface area (Å²) in [7, 11) is 0. The van der Waals surface area contributed by atoms with Crippen molar-refractivity contribution in [3.8, 4) is 0 Å². The zero-order valence-electron chi connectivity index (χ0n) is 19.1. The summed E-state index contributed by atoms with van der Waals surface area (Å²) in [5.74, 6) is 1.54. The van der Waals surface area contributed by atoms with Crippen molar-refractivity contribution in [3.05, 3.63) is 99.7 Å². The molecule has 2 aliphatic heterocycles. The molecule has 172 valence electrons. The lowest BCUT2D eigenvalue weighted by Gasteiger charge is -2.42. The number of nitrogens with zero attached hydrogens (tertiary/aromatic N) is 2. The Hall–Kier alpha value is -3.25. The first-order chi connectivity index (χ1) is 16.6. The molecule has 2 bridgehead atoms. The summed E-state index contributed by atoms with van der Waals surface area (Å²) >= 11 is 1.72. The average Bonchev–Trinajstić information content (AvgIpc) is 3.22. The third-order valence-corrected chi connectivity index (χ3v) is 8.10. The fourth-order valence-corrected chi connectivity index (χ4v) is 6.34. The normalized spacial score (nSPS) is 19.3. The molecule has 6 heteroatoms. The number of carbonyl (C=O) groups is 1. The van der Waals surface area contributed by atoms with Gasteiger partial charge in [-0.25, -0.2) is 0 Å². The van der Waals surface area contributed by atoms with Gasteiger partial charge in [-0.3, -0.25) is 9.59 Å². The van der Waals surface area contributed by atoms with Crippen LogP contribution in [-0.4, -0.2) is 28.5 Å². The van der Waals surface area contributed by atoms with E-state index in [0.717, 1.165) is 28.6 Å². The van der Waals surface area contributed by atoms with Crippen LogP contribution in [0, 0.1) is 12.8 Å². The number of furan rings is 1. The van der Waals surface area contributed by atoms with Crippen LogP contribution in [0.4, 0.5) is 0 Å². The molecule has 2 unspecified atom stereocenters. The van der Waals surface area contributed by atoms with Gasteiger partial charge < -0.3 is 13.9 Å². The number of carbonyl (C=O) groups excluding carboxylic acids is 1. The van der Waals surface area contributed by atoms with Crippen molar-refractivity contribution in [2.75, 3.05) is 13.1 Å². The maximum Gasteiger partial charge on any atom is 0.289 e. The molecule has 2 atom stereocenters. The zero-order valence-corrected chi connectivity index (χ0v) is 19.9. The Morgan fingerprint density at radius 2 is 1.82 bits per heavy atom. The zero-order chi connectivity index (χ0) is 23.2. The number of aromatic nitrogens is 1. The molecular weight excluding hydrogens is 444 g/mol. The number of pyridine rings is 1. The number of benzene rings is 2. The van der Waals surface area contributed by atoms with Crippen LogP contribution in [0.3, 0.4) is 0 Å². The maximum atomic E-state index is 13.8. The lowest BCUT2D eigenvalue weighted by Crippen LogP contribution is -2.49. The van der Waals surface area contributed by atoms with Crippen molar-refractivity contribution < 1.29 is 9.21 Å². The molecule has 0 spiro atoms. The molecule has 2 aromatic carbocycles. The van der Waals surface area contributed by atoms with E-state index in [9.17, 15) is 9.59 Å². The molecule has 34 heavy (non-hydrogen) atoms. The minimum absolute atomic E-state index is 0.0443. The van der Waals surface area contributed by atoms with Gasteiger partial charge in [-0.1, -0.05) is 42.0 Å². The largest absolute Gasteiger partial charge is 0.451 e. The summed E-state index contributed by atoms with van der Waals surface area (Å²) < 4.78 is 8.07. The van der Waals surface area contributed by atoms with E-state index < -0.39 is 0 Å². The van der Waals surface area contributed by atoms with Gasteiger partial charge in [0.15, 0.2) is 5.76 Å². The molecule has 1 fully saturated rings. The van der Waals surface area contributed by atoms with Crippen LogP contribution in [0.5, 0.6) is 0 Å². The highest BCUT2D eigenvalue weighted by Gasteiger charge is 2.38. The quantitative estimate of drug-likeness (QED) is 0.372. The van der Waals surface area contributed by atoms with Crippen LogP contribution >= 0.6 is 11.8 Å². The minimum Gasteiger partial charge on any atom is -0.451 e. The molecule has 0 saturated carbocycles. The van der Waals surface area contributed by atoms with E-state index in [1.54, 1.807) is 17.8 Å². The van der Waals surface area contributed by atoms with Crippen molar-refractivity contribution in [1.82, 2.24) is 9.47 Å². The van der Waals surface area contributed by atoms with E-state index in [1.165, 1.54) is 10.5 Å². The van der Waals surface area contributed by atoms with E-state index in [2.05, 4.69) is 31.2 Å². The van der Waals surface area contributed by atoms with E-state index in [0.29, 0.717) is 31.1 Å². The Morgan fingerprint density at radius 3 is 2.68 bits per heavy atom. The van der Waals surface area contributed by atoms with E-state index in [1.807, 2.05) is 45.9 Å². The molecule has 2 aliphatic rings. The number of aryl methyl sites for hydroxylation is 1. The van der Waals surface area contributed by atoms with Gasteiger partial charge in [0.2, 0.25) is 0 Å². The second kappa shape index (κ2) is 8.51. The Balaban J connectivity index is 1.31. The number of hydrogen-bond acceptors (Lipinski definition) is 4. The van der Waals surface area contributed by atoms with Crippen LogP contribution in [0.15, 0.2) is 80.8 Å². The number of para-hydroxylation sites is 1. The maximum absolute atomic E-state index is 13.8. The third kappa shape index (κ3) is 3.76. The van der Waals surface area contributed by atoms with Crippen LogP contribution in [0.1, 0.15) is 39.7 Å². The fraction of sp³-hybridized carbons (Fsp3) is 0.286. The molecule has 0 radical (unpaired) electrons. The van der Waals surface area contributed by atoms with Crippen LogP contribution < -0.4 is 5.56 Å². The topological polar surface area (TPSA) is 55.5 Å². The van der Waals surface area contributed by atoms with Crippen LogP contribution in [0.25, 0.3) is 11.0 Å². The Labute approximate surface area is 202 Å². The summed E-state index contributed by atoms with van der Waals surface area (Å²) in [5, 5.41) is 1.000. The second-order valence-corrected chi connectivity index (χ2v) is 10.5. The lowest BCUT2D eigenvalue weighted by atomic mass is 9.83. The van der Waals surface area contributed by atoms with Crippen LogP contribution in [0.2, 0.25) is 0 Å². The first-order valence-corrected chi connectivity index (χ1v) is 12.7. The van der Waals surface area contributed by atoms with Gasteiger partial charge in [0, 0.05) is 58.9 Å². The van der Waals surface area contributed by atoms with Crippen molar-refractivity contribution in [1.29, 1.82) is 0 Å². The third-order valence-electron chi connectivity index (χ3n) is 7.06. The predicted molar refractivity (Wildman–Crippen MR) is 134 cm³/mol. The number of fused-ring (bicyclic) bond motifs is 5. The standard InChI is InChI=1S/C28H26N2O3S/c1-18-9-11-21(12-10-18)34-17-23-22-5-2-3-7-25(22)33-27(23)28(32)29-14-19-13-20(16-29)24-6-4-8-26(31)30(24)15-19/h2-12,19-20H,13-17H2,1H3. The van der Waals surface area contributed by atoms with E-state index in [4.69, 9.17) is 4.42 Å². The first kappa shape index (κ1) is 21.3. The highest BCUT2D eigenvalue weighted by molar-refractivity contribution is 7.98. The van der Waals surface area contributed by atoms with Crippen molar-refractivity contribution in [3.63, 3.8) is 0 Å². The first-order valence-electron chi connectivity index (χ1n) is 11.8. The number of amides is 1. The smallest absolute Gasteiger partial charge is 0.289 e. The number of piperidine rings is 1. The molecule has 4 aromatic rings. The summed E-state index contributed by atoms with van der Waals surface area (Å²) in [5.41, 5.74) is 4.03. The predicted octanol–water partition coefficient (Wildman–Crippen LogP) is 5.45. The van der Waals surface area contributed by atoms with Gasteiger partial charge in [-0.05, 0) is 43.5 Å². The van der Waals surface area contributed by atoms with Gasteiger partial charge >= 0.3 is 0 Å². The molecule has 0 N–H and O–H groups in total. The number of likely N-dealkylation sites (tertiary alicyclic amines) is 1. The summed E-state index contributed by atoms with van der Waals surface area (Å²) in [4.78, 5) is 29.3. The highest BCUT2D eigenvalue weighted by Crippen LogP contribution is 2.37. The van der Waals surface area contributed by atoms with Crippen molar-refractivity contribution in [2.45, 2.75) is 36.5 Å².